The van der Waals surface area contributed by atoms with Crippen LogP contribution in [-0.2, 0) is 52.7 Å². The fourth-order valence-electron chi connectivity index (χ4n) is 13.4. The van der Waals surface area contributed by atoms with Gasteiger partial charge in [-0.1, -0.05) is 45.9 Å². The first-order chi connectivity index (χ1) is 32.5. The molecular formula is C49H73N7O11. The second kappa shape index (κ2) is 18.7. The van der Waals surface area contributed by atoms with Crippen LogP contribution in [0.3, 0.4) is 0 Å². The van der Waals surface area contributed by atoms with Crippen LogP contribution < -0.4 is 15.5 Å². The van der Waals surface area contributed by atoms with Crippen molar-refractivity contribution in [1.29, 1.82) is 0 Å². The second-order valence-corrected chi connectivity index (χ2v) is 21.4. The minimum atomic E-state index is -0.843. The lowest BCUT2D eigenvalue weighted by Crippen LogP contribution is -2.70. The van der Waals surface area contributed by atoms with Crippen molar-refractivity contribution in [3.05, 3.63) is 30.3 Å². The molecule has 16 atom stereocenters. The maximum absolute atomic E-state index is 6.79. The van der Waals surface area contributed by atoms with Gasteiger partial charge in [-0.25, -0.2) is 19.6 Å². The standard InChI is InChI=1S/C49H73N7O11/c1-30-12-14-37-32(3)39(60-41-48(37)35(30)16-18-46(5,62-41)64-66-48)58-28-22-55(21-20-50-43-52-44(51-34-10-8-7-9-11-34)54-45(53-43)56-24-26-57-27-25-56)23-29-59-40-33(4)38-15-13-31(2)36-17-19-47(6)63-42(61-40)49(36,38)67-65-47/h7-11,30-33,35-42H,12-29H2,1-6H3,(H2,50,51,52,53,54)/t30-,31-,32-,33-,35+,36+,37+,38+,39+,40+,41-,42-,46-,47-,48-,49-/m1/s1. The number of para-hydroxylation sites is 1. The van der Waals surface area contributed by atoms with Gasteiger partial charge in [0.15, 0.2) is 36.4 Å². The largest absolute Gasteiger partial charge is 0.378 e. The van der Waals surface area contributed by atoms with Crippen molar-refractivity contribution >= 4 is 23.5 Å². The van der Waals surface area contributed by atoms with Crippen LogP contribution in [0.1, 0.15) is 92.9 Å². The number of fused-ring (bicyclic) bond motifs is 4. The number of anilines is 4. The van der Waals surface area contributed by atoms with Crippen LogP contribution in [0.2, 0.25) is 0 Å². The number of nitrogens with zero attached hydrogens (tertiary/aromatic N) is 5. The molecule has 2 N–H and O–H groups in total. The third-order valence-electron chi connectivity index (χ3n) is 17.2. The maximum atomic E-state index is 6.79. The Morgan fingerprint density at radius 1 is 0.657 bits per heavy atom. The molecule has 370 valence electrons. The monoisotopic (exact) mass is 936 g/mol. The van der Waals surface area contributed by atoms with E-state index in [4.69, 9.17) is 67.7 Å². The quantitative estimate of drug-likeness (QED) is 0.183. The lowest BCUT2D eigenvalue weighted by Gasteiger charge is -2.60. The van der Waals surface area contributed by atoms with E-state index in [0.29, 0.717) is 107 Å². The fourth-order valence-corrected chi connectivity index (χ4v) is 13.4. The molecule has 67 heavy (non-hydrogen) atoms. The van der Waals surface area contributed by atoms with Crippen LogP contribution in [0.4, 0.5) is 23.5 Å². The van der Waals surface area contributed by atoms with E-state index >= 15 is 0 Å². The molecule has 13 rings (SSSR count). The van der Waals surface area contributed by atoms with E-state index < -0.39 is 47.9 Å². The molecule has 0 radical (unpaired) electrons. The van der Waals surface area contributed by atoms with Crippen LogP contribution in [0.5, 0.6) is 0 Å². The minimum Gasteiger partial charge on any atom is -0.378 e. The number of hydrogen-bond acceptors (Lipinski definition) is 18. The molecular weight excluding hydrogens is 863 g/mol. The number of ether oxygens (including phenoxy) is 7. The summed E-state index contributed by atoms with van der Waals surface area (Å²) < 4.78 is 46.0. The van der Waals surface area contributed by atoms with Gasteiger partial charge in [0.25, 0.3) is 0 Å². The van der Waals surface area contributed by atoms with Crippen LogP contribution in [0.25, 0.3) is 0 Å². The minimum absolute atomic E-state index is 0.0799. The Hall–Kier alpha value is -2.85. The number of aromatic nitrogens is 3. The molecule has 11 aliphatic rings. The Morgan fingerprint density at radius 3 is 1.78 bits per heavy atom. The van der Waals surface area contributed by atoms with E-state index in [0.717, 1.165) is 57.1 Å². The van der Waals surface area contributed by atoms with Crippen LogP contribution in [-0.4, -0.2) is 133 Å². The summed E-state index contributed by atoms with van der Waals surface area (Å²) >= 11 is 0. The van der Waals surface area contributed by atoms with Gasteiger partial charge in [0.05, 0.1) is 26.4 Å². The first-order valence-corrected chi connectivity index (χ1v) is 25.5. The Balaban J connectivity index is 0.780. The van der Waals surface area contributed by atoms with Crippen molar-refractivity contribution in [3.63, 3.8) is 0 Å². The van der Waals surface area contributed by atoms with Gasteiger partial charge in [-0.2, -0.15) is 15.0 Å². The zero-order chi connectivity index (χ0) is 46.0. The van der Waals surface area contributed by atoms with E-state index in [9.17, 15) is 0 Å². The van der Waals surface area contributed by atoms with Crippen LogP contribution in [0, 0.1) is 47.3 Å². The molecule has 10 heterocycles. The third-order valence-corrected chi connectivity index (χ3v) is 17.2. The van der Waals surface area contributed by atoms with Crippen molar-refractivity contribution in [2.24, 2.45) is 47.3 Å². The molecule has 9 saturated heterocycles. The molecule has 4 bridgehead atoms. The number of benzene rings is 1. The van der Waals surface area contributed by atoms with Crippen LogP contribution >= 0.6 is 0 Å². The number of morpholine rings is 1. The SMILES string of the molecule is C[C@H]1[C@@H](OCCN(CCNc2nc(Nc3ccccc3)nc(N3CCOCC3)n2)CCO[C@H]2O[C@@H]3O[C@@]4(C)CC[C@H]5[C@H](C)CC[C@@H]([C@H]2C)[C@@]35OO4)O[C@@H]2O[C@@]3(C)CC[C@H]4[C@H](C)CC[C@@H]1[C@@]24OO3. The van der Waals surface area contributed by atoms with Gasteiger partial charge in [0, 0.05) is 81.5 Å². The van der Waals surface area contributed by atoms with E-state index in [1.54, 1.807) is 0 Å². The Labute approximate surface area is 394 Å². The molecule has 2 aliphatic carbocycles. The van der Waals surface area contributed by atoms with Crippen molar-refractivity contribution < 1.29 is 52.7 Å². The van der Waals surface area contributed by atoms with Crippen molar-refractivity contribution in [1.82, 2.24) is 19.9 Å². The topological polar surface area (TPSA) is 171 Å². The normalized spacial score (nSPS) is 43.2. The van der Waals surface area contributed by atoms with E-state index in [1.165, 1.54) is 0 Å². The van der Waals surface area contributed by atoms with Gasteiger partial charge in [-0.05, 0) is 88.2 Å². The summed E-state index contributed by atoms with van der Waals surface area (Å²) in [6, 6.07) is 9.94. The first kappa shape index (κ1) is 46.5. The molecule has 2 aromatic rings. The number of nitrogens with one attached hydrogen (secondary N) is 2. The Bertz CT molecular complexity index is 1940. The smallest absolute Gasteiger partial charge is 0.233 e. The average molecular weight is 936 g/mol. The van der Waals surface area contributed by atoms with Crippen LogP contribution in [0.15, 0.2) is 30.3 Å². The highest BCUT2D eigenvalue weighted by molar-refractivity contribution is 5.55. The predicted molar refractivity (Wildman–Crippen MR) is 243 cm³/mol. The molecule has 9 aliphatic heterocycles. The Morgan fingerprint density at radius 2 is 1.21 bits per heavy atom. The lowest BCUT2D eigenvalue weighted by molar-refractivity contribution is -0.577. The van der Waals surface area contributed by atoms with Gasteiger partial charge < -0.3 is 48.7 Å². The molecule has 18 nitrogen and oxygen atoms in total. The molecule has 2 saturated carbocycles. The molecule has 0 amide bonds. The van der Waals surface area contributed by atoms with E-state index in [2.05, 4.69) is 48.1 Å². The predicted octanol–water partition coefficient (Wildman–Crippen LogP) is 6.61. The highest BCUT2D eigenvalue weighted by Crippen LogP contribution is 2.62. The zero-order valence-electron chi connectivity index (χ0n) is 40.3. The summed E-state index contributed by atoms with van der Waals surface area (Å²) in [5.74, 6) is 1.99. The maximum Gasteiger partial charge on any atom is 0.233 e. The molecule has 0 unspecified atom stereocenters. The summed E-state index contributed by atoms with van der Waals surface area (Å²) in [5.41, 5.74) is -0.377. The van der Waals surface area contributed by atoms with Crippen molar-refractivity contribution in [3.8, 4) is 0 Å². The average Bonchev–Trinajstić information content (AvgIpc) is 3.71. The summed E-state index contributed by atoms with van der Waals surface area (Å²) in [6.45, 7) is 19.1. The third kappa shape index (κ3) is 8.66. The van der Waals surface area contributed by atoms with Crippen molar-refractivity contribution in [2.45, 2.75) is 141 Å². The lowest BCUT2D eigenvalue weighted by atomic mass is 9.58. The number of hydrogen-bond donors (Lipinski definition) is 2. The van der Waals surface area contributed by atoms with E-state index in [-0.39, 0.29) is 23.7 Å². The van der Waals surface area contributed by atoms with E-state index in [1.807, 2.05) is 44.2 Å². The van der Waals surface area contributed by atoms with Gasteiger partial charge in [-0.15, -0.1) is 0 Å². The van der Waals surface area contributed by atoms with Gasteiger partial charge in [0.1, 0.15) is 0 Å². The molecule has 1 aromatic heterocycles. The summed E-state index contributed by atoms with van der Waals surface area (Å²) in [7, 11) is 0. The number of rotatable bonds is 15. The van der Waals surface area contributed by atoms with Gasteiger partial charge in [-0.3, -0.25) is 4.90 Å². The molecule has 11 fully saturated rings. The fraction of sp³-hybridized carbons (Fsp3) is 0.816. The second-order valence-electron chi connectivity index (χ2n) is 21.4. The highest BCUT2D eigenvalue weighted by Gasteiger charge is 2.71. The Kier molecular flexibility index (Phi) is 13.0. The van der Waals surface area contributed by atoms with Crippen molar-refractivity contribution in [2.75, 3.05) is 81.2 Å². The molecule has 18 heteroatoms. The molecule has 1 aromatic carbocycles. The first-order valence-electron chi connectivity index (χ1n) is 25.5. The highest BCUT2D eigenvalue weighted by atomic mass is 17.3. The molecule has 2 spiro atoms. The zero-order valence-corrected chi connectivity index (χ0v) is 40.3. The van der Waals surface area contributed by atoms with Gasteiger partial charge >= 0.3 is 0 Å². The summed E-state index contributed by atoms with van der Waals surface area (Å²) in [5, 5.41) is 6.89. The summed E-state index contributed by atoms with van der Waals surface area (Å²) in [6.07, 6.45) is 5.79. The van der Waals surface area contributed by atoms with Gasteiger partial charge in [0.2, 0.25) is 29.4 Å². The summed E-state index contributed by atoms with van der Waals surface area (Å²) in [4.78, 5) is 43.9.